The fraction of sp³-hybridized carbons (Fsp3) is 0.182. The first-order valence-corrected chi connectivity index (χ1v) is 9.98. The van der Waals surface area contributed by atoms with Crippen molar-refractivity contribution in [2.45, 2.75) is 6.54 Å². The van der Waals surface area contributed by atoms with Gasteiger partial charge >= 0.3 is 0 Å². The zero-order valence-electron chi connectivity index (χ0n) is 17.3. The number of methoxy groups -OCH3 is 1. The largest absolute Gasteiger partial charge is 0.497 e. The molecule has 1 aliphatic rings. The smallest absolute Gasteiger partial charge is 0.185 e. The highest BCUT2D eigenvalue weighted by Gasteiger charge is 2.19. The SMILES string of the molecule is COc1ccc(CNc2cc(Nc3cc(F)cc4c3OCCO4)nc3c(N)cnn23)cc1. The molecule has 0 saturated carbocycles. The zero-order chi connectivity index (χ0) is 22.1. The molecule has 9 nitrogen and oxygen atoms in total. The van der Waals surface area contributed by atoms with Crippen LogP contribution in [0.5, 0.6) is 17.2 Å². The van der Waals surface area contributed by atoms with Gasteiger partial charge in [0.1, 0.15) is 36.4 Å². The molecule has 164 valence electrons. The zero-order valence-corrected chi connectivity index (χ0v) is 17.3. The molecule has 1 aliphatic heterocycles. The van der Waals surface area contributed by atoms with Crippen LogP contribution in [0.15, 0.2) is 48.7 Å². The summed E-state index contributed by atoms with van der Waals surface area (Å²) in [6.07, 6.45) is 1.53. The van der Waals surface area contributed by atoms with Gasteiger partial charge in [-0.1, -0.05) is 12.1 Å². The lowest BCUT2D eigenvalue weighted by Gasteiger charge is -2.21. The van der Waals surface area contributed by atoms with Gasteiger partial charge in [0.25, 0.3) is 0 Å². The highest BCUT2D eigenvalue weighted by Crippen LogP contribution is 2.40. The van der Waals surface area contributed by atoms with Gasteiger partial charge in [-0.15, -0.1) is 0 Å². The monoisotopic (exact) mass is 436 g/mol. The Morgan fingerprint density at radius 3 is 2.78 bits per heavy atom. The molecule has 0 saturated heterocycles. The van der Waals surface area contributed by atoms with Crippen LogP contribution in [0.4, 0.5) is 27.4 Å². The van der Waals surface area contributed by atoms with Crippen molar-refractivity contribution >= 4 is 28.7 Å². The minimum Gasteiger partial charge on any atom is -0.497 e. The average molecular weight is 436 g/mol. The normalized spacial score (nSPS) is 12.6. The van der Waals surface area contributed by atoms with Gasteiger partial charge in [-0.2, -0.15) is 9.61 Å². The summed E-state index contributed by atoms with van der Waals surface area (Å²) in [5.41, 5.74) is 8.41. The lowest BCUT2D eigenvalue weighted by atomic mass is 10.2. The van der Waals surface area contributed by atoms with Crippen LogP contribution < -0.4 is 30.6 Å². The van der Waals surface area contributed by atoms with Gasteiger partial charge < -0.3 is 30.6 Å². The molecule has 32 heavy (non-hydrogen) atoms. The molecular formula is C22H21FN6O3. The molecule has 0 atom stereocenters. The van der Waals surface area contributed by atoms with Crippen LogP contribution in [0, 0.1) is 5.82 Å². The number of nitrogens with two attached hydrogens (primary N) is 1. The van der Waals surface area contributed by atoms with Crippen LogP contribution in [0.3, 0.4) is 0 Å². The Bertz CT molecular complexity index is 1280. The number of hydrogen-bond acceptors (Lipinski definition) is 8. The minimum absolute atomic E-state index is 0.349. The highest BCUT2D eigenvalue weighted by molar-refractivity contribution is 5.74. The Balaban J connectivity index is 1.47. The van der Waals surface area contributed by atoms with E-state index in [0.29, 0.717) is 59.9 Å². The molecule has 4 N–H and O–H groups in total. The van der Waals surface area contributed by atoms with E-state index >= 15 is 0 Å². The van der Waals surface area contributed by atoms with E-state index in [-0.39, 0.29) is 0 Å². The summed E-state index contributed by atoms with van der Waals surface area (Å²) >= 11 is 0. The number of anilines is 4. The number of ether oxygens (including phenoxy) is 3. The molecule has 0 radical (unpaired) electrons. The molecule has 10 heteroatoms. The van der Waals surface area contributed by atoms with Crippen LogP contribution in [0.1, 0.15) is 5.56 Å². The number of benzene rings is 2. The number of nitrogens with one attached hydrogen (secondary N) is 2. The maximum Gasteiger partial charge on any atom is 0.185 e. The van der Waals surface area contributed by atoms with Crippen molar-refractivity contribution in [3.05, 3.63) is 60.0 Å². The fourth-order valence-electron chi connectivity index (χ4n) is 3.46. The van der Waals surface area contributed by atoms with Crippen molar-refractivity contribution < 1.29 is 18.6 Å². The Labute approximate surface area is 182 Å². The number of aromatic nitrogens is 3. The molecule has 2 aromatic carbocycles. The number of hydrogen-bond donors (Lipinski definition) is 3. The Hall–Kier alpha value is -4.21. The number of nitrogen functional groups attached to an aromatic ring is 1. The first-order chi connectivity index (χ1) is 15.6. The van der Waals surface area contributed by atoms with Gasteiger partial charge in [0.2, 0.25) is 0 Å². The summed E-state index contributed by atoms with van der Waals surface area (Å²) in [6, 6.07) is 12.1. The van der Waals surface area contributed by atoms with E-state index < -0.39 is 5.82 Å². The van der Waals surface area contributed by atoms with Crippen molar-refractivity contribution in [1.82, 2.24) is 14.6 Å². The summed E-state index contributed by atoms with van der Waals surface area (Å²) in [4.78, 5) is 4.54. The summed E-state index contributed by atoms with van der Waals surface area (Å²) in [7, 11) is 1.63. The maximum absolute atomic E-state index is 14.1. The minimum atomic E-state index is -0.445. The van der Waals surface area contributed by atoms with Gasteiger partial charge in [0.15, 0.2) is 17.1 Å². The highest BCUT2D eigenvalue weighted by atomic mass is 19.1. The summed E-state index contributed by atoms with van der Waals surface area (Å²) in [5, 5.41) is 10.8. The Morgan fingerprint density at radius 1 is 1.16 bits per heavy atom. The molecule has 5 rings (SSSR count). The van der Waals surface area contributed by atoms with E-state index in [4.69, 9.17) is 19.9 Å². The second-order valence-electron chi connectivity index (χ2n) is 7.17. The van der Waals surface area contributed by atoms with Gasteiger partial charge in [0, 0.05) is 24.7 Å². The molecule has 0 unspecified atom stereocenters. The van der Waals surface area contributed by atoms with Crippen LogP contribution in [0.2, 0.25) is 0 Å². The lowest BCUT2D eigenvalue weighted by molar-refractivity contribution is 0.172. The van der Waals surface area contributed by atoms with Gasteiger partial charge in [-0.25, -0.2) is 9.37 Å². The topological polar surface area (TPSA) is 108 Å². The number of fused-ring (bicyclic) bond motifs is 2. The second kappa shape index (κ2) is 8.14. The van der Waals surface area contributed by atoms with Gasteiger partial charge in [-0.05, 0) is 17.7 Å². The third-order valence-corrected chi connectivity index (χ3v) is 5.00. The number of halogens is 1. The number of nitrogens with zero attached hydrogens (tertiary/aromatic N) is 3. The first kappa shape index (κ1) is 19.7. The molecule has 0 spiro atoms. The fourth-order valence-corrected chi connectivity index (χ4v) is 3.46. The van der Waals surface area contributed by atoms with E-state index in [0.717, 1.165) is 11.3 Å². The second-order valence-corrected chi connectivity index (χ2v) is 7.17. The van der Waals surface area contributed by atoms with Crippen molar-refractivity contribution in [3.63, 3.8) is 0 Å². The van der Waals surface area contributed by atoms with Crippen LogP contribution in [-0.2, 0) is 6.54 Å². The summed E-state index contributed by atoms with van der Waals surface area (Å²) in [5.74, 6) is 2.24. The summed E-state index contributed by atoms with van der Waals surface area (Å²) < 4.78 is 32.1. The quantitative estimate of drug-likeness (QED) is 0.421. The van der Waals surface area contributed by atoms with Gasteiger partial charge in [-0.3, -0.25) is 0 Å². The van der Waals surface area contributed by atoms with Crippen molar-refractivity contribution in [2.24, 2.45) is 0 Å². The van der Waals surface area contributed by atoms with E-state index in [9.17, 15) is 4.39 Å². The standard InChI is InChI=1S/C22H21FN6O3/c1-30-15-4-2-13(3-5-15)11-25-20-10-19(28-22-16(24)12-26-29(20)22)27-17-8-14(23)9-18-21(17)32-7-6-31-18/h2-5,8-10,12,25H,6-7,11,24H2,1H3,(H,27,28). The third-order valence-electron chi connectivity index (χ3n) is 5.00. The summed E-state index contributed by atoms with van der Waals surface area (Å²) in [6.45, 7) is 1.28. The van der Waals surface area contributed by atoms with Crippen LogP contribution >= 0.6 is 0 Å². The molecule has 0 fully saturated rings. The predicted octanol–water partition coefficient (Wildman–Crippen LogP) is 3.59. The van der Waals surface area contributed by atoms with Gasteiger partial charge in [0.05, 0.1) is 24.7 Å². The third kappa shape index (κ3) is 3.78. The molecule has 4 aromatic rings. The molecule has 0 aliphatic carbocycles. The average Bonchev–Trinajstić information content (AvgIpc) is 3.18. The molecular weight excluding hydrogens is 415 g/mol. The lowest BCUT2D eigenvalue weighted by Crippen LogP contribution is -2.16. The van der Waals surface area contributed by atoms with Crippen LogP contribution in [-0.4, -0.2) is 34.9 Å². The Kier molecular flexibility index (Phi) is 5.02. The molecule has 0 amide bonds. The maximum atomic E-state index is 14.1. The first-order valence-electron chi connectivity index (χ1n) is 9.98. The Morgan fingerprint density at radius 2 is 1.97 bits per heavy atom. The van der Waals surface area contributed by atoms with Crippen LogP contribution in [0.25, 0.3) is 5.65 Å². The molecule has 3 heterocycles. The van der Waals surface area contributed by atoms with Crippen molar-refractivity contribution in [1.29, 1.82) is 0 Å². The van der Waals surface area contributed by atoms with E-state index in [1.54, 1.807) is 17.7 Å². The van der Waals surface area contributed by atoms with E-state index in [1.165, 1.54) is 18.3 Å². The molecule has 0 bridgehead atoms. The molecule has 2 aromatic heterocycles. The van der Waals surface area contributed by atoms with Crippen molar-refractivity contribution in [3.8, 4) is 17.2 Å². The predicted molar refractivity (Wildman–Crippen MR) is 118 cm³/mol. The van der Waals surface area contributed by atoms with E-state index in [2.05, 4.69) is 20.7 Å². The van der Waals surface area contributed by atoms with E-state index in [1.807, 2.05) is 24.3 Å². The number of rotatable bonds is 6. The van der Waals surface area contributed by atoms with Crippen molar-refractivity contribution in [2.75, 3.05) is 36.7 Å².